The number of nitrogens with zero attached hydrogens (tertiary/aromatic N) is 2. The average molecular weight is 507 g/mol. The van der Waals surface area contributed by atoms with Gasteiger partial charge in [-0.2, -0.15) is 0 Å². The number of carbonyl (C=O) groups excluding carboxylic acids is 1. The van der Waals surface area contributed by atoms with Crippen LogP contribution in [0.3, 0.4) is 0 Å². The van der Waals surface area contributed by atoms with Crippen LogP contribution in [0, 0.1) is 0 Å². The zero-order chi connectivity index (χ0) is 23.6. The van der Waals surface area contributed by atoms with Gasteiger partial charge in [-0.1, -0.05) is 23.7 Å². The Morgan fingerprint density at radius 3 is 2.55 bits per heavy atom. The van der Waals surface area contributed by atoms with E-state index >= 15 is 0 Å². The van der Waals surface area contributed by atoms with Crippen LogP contribution in [0.4, 0.5) is 10.8 Å². The van der Waals surface area contributed by atoms with Crippen molar-refractivity contribution < 1.29 is 17.9 Å². The Hall–Kier alpha value is -2.53. The third-order valence-electron chi connectivity index (χ3n) is 4.82. The van der Waals surface area contributed by atoms with Gasteiger partial charge in [-0.3, -0.25) is 14.5 Å². The Morgan fingerprint density at radius 1 is 1.18 bits per heavy atom. The van der Waals surface area contributed by atoms with E-state index in [1.807, 2.05) is 32.0 Å². The molecule has 4 rings (SSSR count). The Balaban J connectivity index is 1.48. The first kappa shape index (κ1) is 23.6. The van der Waals surface area contributed by atoms with Crippen molar-refractivity contribution >= 4 is 49.7 Å². The number of hydrogen-bond donors (Lipinski definition) is 2. The van der Waals surface area contributed by atoms with Gasteiger partial charge >= 0.3 is 0 Å². The second kappa shape index (κ2) is 9.76. The molecular weight excluding hydrogens is 484 g/mol. The predicted octanol–water partition coefficient (Wildman–Crippen LogP) is 4.87. The number of hydrogen-bond acceptors (Lipinski definition) is 7. The Kier molecular flexibility index (Phi) is 6.99. The van der Waals surface area contributed by atoms with Gasteiger partial charge in [0.25, 0.3) is 5.91 Å². The topological polar surface area (TPSA) is 110 Å². The Bertz CT molecular complexity index is 1240. The first-order chi connectivity index (χ1) is 15.7. The lowest BCUT2D eigenvalue weighted by atomic mass is 10.1. The number of benzene rings is 1. The summed E-state index contributed by atoms with van der Waals surface area (Å²) in [6, 6.07) is 9.07. The number of rotatable bonds is 9. The van der Waals surface area contributed by atoms with Crippen molar-refractivity contribution in [2.75, 3.05) is 10.0 Å². The molecule has 2 N–H and O–H groups in total. The molecule has 33 heavy (non-hydrogen) atoms. The summed E-state index contributed by atoms with van der Waals surface area (Å²) in [6.07, 6.45) is 3.35. The van der Waals surface area contributed by atoms with Crippen LogP contribution >= 0.6 is 22.9 Å². The first-order valence-corrected chi connectivity index (χ1v) is 13.2. The number of anilines is 2. The molecule has 1 aromatic carbocycles. The average Bonchev–Trinajstić information content (AvgIpc) is 3.54. The van der Waals surface area contributed by atoms with Crippen molar-refractivity contribution in [2.45, 2.75) is 44.1 Å². The van der Waals surface area contributed by atoms with E-state index in [9.17, 15) is 13.2 Å². The number of pyridine rings is 1. The Labute approximate surface area is 201 Å². The highest BCUT2D eigenvalue weighted by atomic mass is 35.5. The fourth-order valence-electron chi connectivity index (χ4n) is 3.10. The number of sulfonamides is 1. The maximum absolute atomic E-state index is 13.0. The van der Waals surface area contributed by atoms with Crippen LogP contribution in [-0.2, 0) is 19.6 Å². The van der Waals surface area contributed by atoms with Gasteiger partial charge in [0, 0.05) is 29.0 Å². The van der Waals surface area contributed by atoms with Gasteiger partial charge in [-0.25, -0.2) is 13.4 Å². The van der Waals surface area contributed by atoms with Gasteiger partial charge in [0.05, 0.1) is 22.1 Å². The highest BCUT2D eigenvalue weighted by molar-refractivity contribution is 7.93. The molecule has 0 bridgehead atoms. The molecule has 3 aromatic rings. The molecule has 0 radical (unpaired) electrons. The molecule has 1 atom stereocenters. The largest absolute Gasteiger partial charge is 0.359 e. The zero-order valence-corrected chi connectivity index (χ0v) is 20.4. The molecule has 1 unspecified atom stereocenters. The van der Waals surface area contributed by atoms with Crippen molar-refractivity contribution in [1.82, 2.24) is 9.97 Å². The van der Waals surface area contributed by atoms with Gasteiger partial charge in [0.15, 0.2) is 11.2 Å². The van der Waals surface area contributed by atoms with Gasteiger partial charge in [0.1, 0.15) is 0 Å². The van der Waals surface area contributed by atoms with Crippen LogP contribution < -0.4 is 10.0 Å². The van der Waals surface area contributed by atoms with Crippen molar-refractivity contribution in [3.05, 3.63) is 58.8 Å². The van der Waals surface area contributed by atoms with Gasteiger partial charge in [0.2, 0.25) is 10.0 Å². The molecule has 0 spiro atoms. The molecule has 2 heterocycles. The zero-order valence-electron chi connectivity index (χ0n) is 18.0. The minimum absolute atomic E-state index is 0.224. The van der Waals surface area contributed by atoms with Gasteiger partial charge in [-0.15, -0.1) is 11.3 Å². The maximum atomic E-state index is 13.0. The number of amides is 1. The second-order valence-electron chi connectivity index (χ2n) is 7.95. The molecule has 11 heteroatoms. The quantitative estimate of drug-likeness (QED) is 0.428. The predicted molar refractivity (Wildman–Crippen MR) is 130 cm³/mol. The number of halogens is 1. The molecular formula is C22H23ClN4O4S2. The van der Waals surface area contributed by atoms with Crippen molar-refractivity contribution in [3.8, 4) is 11.1 Å². The van der Waals surface area contributed by atoms with E-state index in [0.717, 1.165) is 22.5 Å². The molecule has 0 aliphatic heterocycles. The number of thiazole rings is 1. The fraction of sp³-hybridized carbons (Fsp3) is 0.318. The van der Waals surface area contributed by atoms with E-state index in [2.05, 4.69) is 20.0 Å². The van der Waals surface area contributed by atoms with Gasteiger partial charge < -0.3 is 10.1 Å². The molecule has 0 saturated heterocycles. The number of ether oxygens (including phenoxy) is 1. The first-order valence-electron chi connectivity index (χ1n) is 10.4. The standard InChI is InChI=1S/C22H23ClN4O4S2/c1-13(2)31-20(19-12-32-22(26-19)27-33(29,30)18-7-8-18)21(28)25-17-5-3-14(4-6-17)15-9-16(23)11-24-10-15/h3-6,9-13,18,20H,7-8H2,1-2H3,(H,25,28)(H,26,27). The summed E-state index contributed by atoms with van der Waals surface area (Å²) in [6.45, 7) is 3.63. The van der Waals surface area contributed by atoms with E-state index in [4.69, 9.17) is 16.3 Å². The van der Waals surface area contributed by atoms with Crippen LogP contribution in [0.5, 0.6) is 0 Å². The number of nitrogens with one attached hydrogen (secondary N) is 2. The minimum Gasteiger partial charge on any atom is -0.359 e. The lowest BCUT2D eigenvalue weighted by Crippen LogP contribution is -2.26. The lowest BCUT2D eigenvalue weighted by Gasteiger charge is -2.18. The molecule has 1 saturated carbocycles. The van der Waals surface area contributed by atoms with E-state index in [0.29, 0.717) is 29.2 Å². The molecule has 8 nitrogen and oxygen atoms in total. The van der Waals surface area contributed by atoms with Crippen LogP contribution in [0.25, 0.3) is 11.1 Å². The molecule has 1 amide bonds. The summed E-state index contributed by atoms with van der Waals surface area (Å²) in [5.74, 6) is -0.400. The van der Waals surface area contributed by atoms with E-state index in [1.54, 1.807) is 29.9 Å². The smallest absolute Gasteiger partial charge is 0.259 e. The summed E-state index contributed by atoms with van der Waals surface area (Å²) < 4.78 is 32.7. The monoisotopic (exact) mass is 506 g/mol. The highest BCUT2D eigenvalue weighted by Crippen LogP contribution is 2.32. The summed E-state index contributed by atoms with van der Waals surface area (Å²) in [5.41, 5.74) is 2.71. The summed E-state index contributed by atoms with van der Waals surface area (Å²) in [4.78, 5) is 21.4. The second-order valence-corrected chi connectivity index (χ2v) is 11.2. The third-order valence-corrected chi connectivity index (χ3v) is 7.76. The fourth-order valence-corrected chi connectivity index (χ4v) is 5.59. The minimum atomic E-state index is -3.43. The van der Waals surface area contributed by atoms with Crippen molar-refractivity contribution in [3.63, 3.8) is 0 Å². The lowest BCUT2D eigenvalue weighted by molar-refractivity contribution is -0.130. The van der Waals surface area contributed by atoms with Crippen LogP contribution in [0.15, 0.2) is 48.1 Å². The summed E-state index contributed by atoms with van der Waals surface area (Å²) >= 11 is 7.13. The van der Waals surface area contributed by atoms with Crippen molar-refractivity contribution in [2.24, 2.45) is 0 Å². The Morgan fingerprint density at radius 2 is 1.91 bits per heavy atom. The molecule has 174 valence electrons. The van der Waals surface area contributed by atoms with Crippen LogP contribution in [0.2, 0.25) is 5.02 Å². The number of carbonyl (C=O) groups is 1. The molecule has 2 aromatic heterocycles. The van der Waals surface area contributed by atoms with Crippen molar-refractivity contribution in [1.29, 1.82) is 0 Å². The normalized spacial score (nSPS) is 14.8. The summed E-state index contributed by atoms with van der Waals surface area (Å²) in [5, 5.41) is 4.88. The third kappa shape index (κ3) is 6.08. The van der Waals surface area contributed by atoms with Crippen LogP contribution in [0.1, 0.15) is 38.5 Å². The van der Waals surface area contributed by atoms with E-state index in [1.165, 1.54) is 0 Å². The maximum Gasteiger partial charge on any atom is 0.259 e. The molecule has 1 fully saturated rings. The molecule has 1 aliphatic rings. The SMILES string of the molecule is CC(C)OC(C(=O)Nc1ccc(-c2cncc(Cl)c2)cc1)c1csc(NS(=O)(=O)C2CC2)n1. The van der Waals surface area contributed by atoms with Gasteiger partial charge in [-0.05, 0) is 50.5 Å². The van der Waals surface area contributed by atoms with Crippen LogP contribution in [-0.4, -0.2) is 35.6 Å². The molecule has 1 aliphatic carbocycles. The highest BCUT2D eigenvalue weighted by Gasteiger charge is 2.36. The van der Waals surface area contributed by atoms with E-state index < -0.39 is 22.0 Å². The summed E-state index contributed by atoms with van der Waals surface area (Å²) in [7, 11) is -3.43. The van der Waals surface area contributed by atoms with E-state index in [-0.39, 0.29) is 16.5 Å². The number of aromatic nitrogens is 2.